The number of amides is 1. The number of nitrogens with zero attached hydrogens (tertiary/aromatic N) is 4. The Hall–Kier alpha value is -1.83. The van der Waals surface area contributed by atoms with Crippen LogP contribution in [0.3, 0.4) is 0 Å². The van der Waals surface area contributed by atoms with Gasteiger partial charge in [-0.25, -0.2) is 4.79 Å². The number of benzene rings is 1. The zero-order valence-electron chi connectivity index (χ0n) is 14.6. The van der Waals surface area contributed by atoms with Crippen molar-refractivity contribution in [2.24, 2.45) is 0 Å². The molecule has 0 unspecified atom stereocenters. The average molecular weight is 399 g/mol. The smallest absolute Gasteiger partial charge is 0.409 e. The van der Waals surface area contributed by atoms with Gasteiger partial charge in [0.1, 0.15) is 0 Å². The summed E-state index contributed by atoms with van der Waals surface area (Å²) in [6.45, 7) is 4.81. The zero-order chi connectivity index (χ0) is 18.7. The van der Waals surface area contributed by atoms with Crippen molar-refractivity contribution in [3.05, 3.63) is 34.1 Å². The topological polar surface area (TPSA) is 71.7 Å². The second-order valence-corrected chi connectivity index (χ2v) is 6.94. The van der Waals surface area contributed by atoms with E-state index < -0.39 is 0 Å². The summed E-state index contributed by atoms with van der Waals surface area (Å²) < 4.78 is 10.6. The SMILES string of the molecule is COC(=O)N1CCCN([C@H](C)c2nnc(-c3ccc(Cl)cc3Cl)o2)CC1. The second kappa shape index (κ2) is 8.24. The fourth-order valence-corrected chi connectivity index (χ4v) is 3.46. The van der Waals surface area contributed by atoms with Gasteiger partial charge in [0.15, 0.2) is 0 Å². The van der Waals surface area contributed by atoms with Crippen LogP contribution in [0.25, 0.3) is 11.5 Å². The van der Waals surface area contributed by atoms with Crippen molar-refractivity contribution in [1.29, 1.82) is 0 Å². The van der Waals surface area contributed by atoms with Crippen LogP contribution in [0.2, 0.25) is 10.0 Å². The molecule has 26 heavy (non-hydrogen) atoms. The Morgan fingerprint density at radius 1 is 1.23 bits per heavy atom. The predicted octanol–water partition coefficient (Wildman–Crippen LogP) is 3.88. The van der Waals surface area contributed by atoms with Gasteiger partial charge in [-0.3, -0.25) is 4.90 Å². The summed E-state index contributed by atoms with van der Waals surface area (Å²) >= 11 is 12.1. The molecule has 2 heterocycles. The van der Waals surface area contributed by atoms with Crippen LogP contribution in [-0.4, -0.2) is 59.4 Å². The predicted molar refractivity (Wildman–Crippen MR) is 98.3 cm³/mol. The number of ether oxygens (including phenoxy) is 1. The molecule has 9 heteroatoms. The lowest BCUT2D eigenvalue weighted by Crippen LogP contribution is -2.35. The third-order valence-electron chi connectivity index (χ3n) is 4.47. The molecule has 0 saturated carbocycles. The number of hydrogen-bond donors (Lipinski definition) is 0. The van der Waals surface area contributed by atoms with E-state index in [2.05, 4.69) is 15.1 Å². The van der Waals surface area contributed by atoms with E-state index in [9.17, 15) is 4.79 Å². The molecule has 3 rings (SSSR count). The Kier molecular flexibility index (Phi) is 6.01. The minimum absolute atomic E-state index is 0.0695. The highest BCUT2D eigenvalue weighted by Crippen LogP contribution is 2.31. The van der Waals surface area contributed by atoms with Crippen molar-refractivity contribution < 1.29 is 13.9 Å². The van der Waals surface area contributed by atoms with Gasteiger partial charge in [-0.05, 0) is 31.5 Å². The second-order valence-electron chi connectivity index (χ2n) is 6.09. The van der Waals surface area contributed by atoms with E-state index in [1.165, 1.54) is 7.11 Å². The van der Waals surface area contributed by atoms with Crippen molar-refractivity contribution in [2.45, 2.75) is 19.4 Å². The third kappa shape index (κ3) is 4.11. The van der Waals surface area contributed by atoms with Gasteiger partial charge in [-0.2, -0.15) is 0 Å². The van der Waals surface area contributed by atoms with E-state index in [0.717, 1.165) is 13.0 Å². The molecule has 1 amide bonds. The molecule has 1 saturated heterocycles. The van der Waals surface area contributed by atoms with E-state index in [1.54, 1.807) is 23.1 Å². The summed E-state index contributed by atoms with van der Waals surface area (Å²) in [6.07, 6.45) is 0.556. The minimum Gasteiger partial charge on any atom is -0.453 e. The van der Waals surface area contributed by atoms with E-state index in [-0.39, 0.29) is 12.1 Å². The molecule has 2 aromatic rings. The first-order valence-corrected chi connectivity index (χ1v) is 9.11. The van der Waals surface area contributed by atoms with Crippen LogP contribution in [0.15, 0.2) is 22.6 Å². The van der Waals surface area contributed by atoms with Gasteiger partial charge in [-0.1, -0.05) is 23.2 Å². The molecule has 1 aromatic heterocycles. The molecule has 140 valence electrons. The van der Waals surface area contributed by atoms with Crippen LogP contribution in [-0.2, 0) is 4.74 Å². The van der Waals surface area contributed by atoms with Crippen molar-refractivity contribution in [3.8, 4) is 11.5 Å². The highest BCUT2D eigenvalue weighted by atomic mass is 35.5. The maximum atomic E-state index is 11.7. The van der Waals surface area contributed by atoms with Crippen molar-refractivity contribution in [3.63, 3.8) is 0 Å². The Balaban J connectivity index is 1.71. The number of aromatic nitrogens is 2. The number of hydrogen-bond acceptors (Lipinski definition) is 6. The Morgan fingerprint density at radius 2 is 2.04 bits per heavy atom. The molecule has 1 aliphatic rings. The Labute approximate surface area is 161 Å². The Morgan fingerprint density at radius 3 is 2.77 bits per heavy atom. The lowest BCUT2D eigenvalue weighted by atomic mass is 10.2. The number of carbonyl (C=O) groups is 1. The molecule has 1 atom stereocenters. The number of rotatable bonds is 3. The maximum Gasteiger partial charge on any atom is 0.409 e. The first-order valence-electron chi connectivity index (χ1n) is 8.35. The van der Waals surface area contributed by atoms with Gasteiger partial charge in [-0.15, -0.1) is 10.2 Å². The fraction of sp³-hybridized carbons (Fsp3) is 0.471. The fourth-order valence-electron chi connectivity index (χ4n) is 2.97. The number of methoxy groups -OCH3 is 1. The van der Waals surface area contributed by atoms with Crippen LogP contribution < -0.4 is 0 Å². The molecule has 1 fully saturated rings. The van der Waals surface area contributed by atoms with E-state index in [0.29, 0.717) is 47.0 Å². The quantitative estimate of drug-likeness (QED) is 0.780. The van der Waals surface area contributed by atoms with Gasteiger partial charge >= 0.3 is 6.09 Å². The molecule has 1 aliphatic heterocycles. The lowest BCUT2D eigenvalue weighted by molar-refractivity contribution is 0.122. The Bertz CT molecular complexity index is 783. The van der Waals surface area contributed by atoms with E-state index in [4.69, 9.17) is 32.4 Å². The summed E-state index contributed by atoms with van der Waals surface area (Å²) in [5.41, 5.74) is 0.648. The van der Waals surface area contributed by atoms with E-state index >= 15 is 0 Å². The van der Waals surface area contributed by atoms with Crippen LogP contribution in [0.5, 0.6) is 0 Å². The highest BCUT2D eigenvalue weighted by molar-refractivity contribution is 6.36. The molecule has 7 nitrogen and oxygen atoms in total. The number of halogens is 2. The first-order chi connectivity index (χ1) is 12.5. The molecule has 0 spiro atoms. The molecule has 1 aromatic carbocycles. The van der Waals surface area contributed by atoms with Crippen LogP contribution in [0, 0.1) is 0 Å². The maximum absolute atomic E-state index is 11.7. The van der Waals surface area contributed by atoms with Crippen LogP contribution in [0.1, 0.15) is 25.3 Å². The highest BCUT2D eigenvalue weighted by Gasteiger charge is 2.26. The van der Waals surface area contributed by atoms with Gasteiger partial charge in [0.2, 0.25) is 11.8 Å². The summed E-state index contributed by atoms with van der Waals surface area (Å²) in [6, 6.07) is 5.06. The molecule has 0 aliphatic carbocycles. The summed E-state index contributed by atoms with van der Waals surface area (Å²) in [5.74, 6) is 0.872. The average Bonchev–Trinajstić information content (AvgIpc) is 2.97. The minimum atomic E-state index is -0.294. The standard InChI is InChI=1S/C17H20Cl2N4O3/c1-11(22-6-3-7-23(9-8-22)17(24)25-2)15-20-21-16(26-15)13-5-4-12(18)10-14(13)19/h4-5,10-11H,3,6-9H2,1-2H3/t11-/m1/s1. The first kappa shape index (κ1) is 18.9. The molecule has 0 bridgehead atoms. The monoisotopic (exact) mass is 398 g/mol. The molecular formula is C17H20Cl2N4O3. The van der Waals surface area contributed by atoms with Crippen LogP contribution >= 0.6 is 23.2 Å². The largest absolute Gasteiger partial charge is 0.453 e. The van der Waals surface area contributed by atoms with E-state index in [1.807, 2.05) is 6.92 Å². The van der Waals surface area contributed by atoms with Gasteiger partial charge in [0.25, 0.3) is 0 Å². The van der Waals surface area contributed by atoms with Gasteiger partial charge < -0.3 is 14.1 Å². The summed E-state index contributed by atoms with van der Waals surface area (Å²) in [4.78, 5) is 15.6. The molecule has 0 radical (unpaired) electrons. The lowest BCUT2D eigenvalue weighted by Gasteiger charge is -2.25. The van der Waals surface area contributed by atoms with Gasteiger partial charge in [0.05, 0.1) is 23.7 Å². The molecular weight excluding hydrogens is 379 g/mol. The third-order valence-corrected chi connectivity index (χ3v) is 5.02. The zero-order valence-corrected chi connectivity index (χ0v) is 16.1. The van der Waals surface area contributed by atoms with Crippen LogP contribution in [0.4, 0.5) is 4.79 Å². The normalized spacial score (nSPS) is 17.0. The number of carbonyl (C=O) groups excluding carboxylic acids is 1. The van der Waals surface area contributed by atoms with Crippen molar-refractivity contribution >= 4 is 29.3 Å². The van der Waals surface area contributed by atoms with Crippen molar-refractivity contribution in [1.82, 2.24) is 20.0 Å². The van der Waals surface area contributed by atoms with Gasteiger partial charge in [0, 0.05) is 31.2 Å². The van der Waals surface area contributed by atoms with Crippen molar-refractivity contribution in [2.75, 3.05) is 33.3 Å². The summed E-state index contributed by atoms with van der Waals surface area (Å²) in [5, 5.41) is 9.30. The molecule has 0 N–H and O–H groups in total. The summed E-state index contributed by atoms with van der Waals surface area (Å²) in [7, 11) is 1.40.